The molecule has 2 N–H and O–H groups in total. The normalized spacial score (nSPS) is 16.9. The lowest BCUT2D eigenvalue weighted by Crippen LogP contribution is -2.45. The van der Waals surface area contributed by atoms with Gasteiger partial charge in [-0.05, 0) is 18.6 Å². The Morgan fingerprint density at radius 1 is 1.35 bits per heavy atom. The summed E-state index contributed by atoms with van der Waals surface area (Å²) in [5, 5.41) is 13.5. The first-order chi connectivity index (χ1) is 8.65. The minimum atomic E-state index is -0.387. The fraction of sp³-hybridized carbons (Fsp3) is 0.538. The van der Waals surface area contributed by atoms with Gasteiger partial charge in [-0.2, -0.15) is 0 Å². The summed E-state index contributed by atoms with van der Waals surface area (Å²) in [4.78, 5) is 2.19. The number of phenolic OH excluding ortho intramolecular Hbond substituents is 1. The third-order valence-electron chi connectivity index (χ3n) is 3.43. The Balaban J connectivity index is 0.00000180. The molecular weight excluding hydrogens is 326 g/mol. The summed E-state index contributed by atoms with van der Waals surface area (Å²) < 4.78 is 14.0. The maximum absolute atomic E-state index is 14.0. The molecule has 3 nitrogen and oxygen atoms in total. The molecule has 1 saturated heterocycles. The first kappa shape index (κ1) is 19.7. The summed E-state index contributed by atoms with van der Waals surface area (Å²) in [5.74, 6) is -0.510. The minimum Gasteiger partial charge on any atom is -0.506 e. The van der Waals surface area contributed by atoms with Crippen molar-refractivity contribution >= 4 is 36.4 Å². The van der Waals surface area contributed by atoms with Crippen molar-refractivity contribution in [2.24, 2.45) is 0 Å². The molecule has 0 bridgehead atoms. The van der Waals surface area contributed by atoms with Gasteiger partial charge in [0.05, 0.1) is 5.02 Å². The van der Waals surface area contributed by atoms with E-state index in [2.05, 4.69) is 10.2 Å². The number of rotatable bonds is 3. The van der Waals surface area contributed by atoms with E-state index in [1.54, 1.807) is 0 Å². The molecule has 2 rings (SSSR count). The number of benzene rings is 1. The van der Waals surface area contributed by atoms with Crippen LogP contribution in [0.4, 0.5) is 4.39 Å². The Labute approximate surface area is 136 Å². The van der Waals surface area contributed by atoms with E-state index in [-0.39, 0.29) is 47.4 Å². The molecule has 7 heteroatoms. The van der Waals surface area contributed by atoms with Gasteiger partial charge < -0.3 is 10.4 Å². The van der Waals surface area contributed by atoms with Crippen LogP contribution in [-0.2, 0) is 0 Å². The van der Waals surface area contributed by atoms with Crippen LogP contribution in [0.3, 0.4) is 0 Å². The number of aromatic hydroxyl groups is 1. The van der Waals surface area contributed by atoms with Crippen LogP contribution in [0.1, 0.15) is 24.9 Å². The van der Waals surface area contributed by atoms with E-state index < -0.39 is 0 Å². The molecular formula is C13H20Cl3FN2O. The molecule has 1 fully saturated rings. The predicted molar refractivity (Wildman–Crippen MR) is 85.0 cm³/mol. The van der Waals surface area contributed by atoms with Crippen molar-refractivity contribution in [2.75, 3.05) is 26.2 Å². The van der Waals surface area contributed by atoms with Gasteiger partial charge in [0.1, 0.15) is 11.6 Å². The average molecular weight is 346 g/mol. The van der Waals surface area contributed by atoms with Crippen molar-refractivity contribution < 1.29 is 9.50 Å². The minimum absolute atomic E-state index is 0. The number of halogens is 4. The summed E-state index contributed by atoms with van der Waals surface area (Å²) >= 11 is 5.88. The molecule has 0 unspecified atom stereocenters. The van der Waals surface area contributed by atoms with Gasteiger partial charge in [0.25, 0.3) is 0 Å². The molecule has 1 aromatic rings. The Morgan fingerprint density at radius 2 is 1.95 bits per heavy atom. The molecule has 0 radical (unpaired) electrons. The van der Waals surface area contributed by atoms with Crippen LogP contribution in [0.2, 0.25) is 5.02 Å². The van der Waals surface area contributed by atoms with Gasteiger partial charge in [-0.1, -0.05) is 18.5 Å². The molecule has 1 aromatic carbocycles. The number of hydrogen-bond acceptors (Lipinski definition) is 3. The van der Waals surface area contributed by atoms with Crippen molar-refractivity contribution in [2.45, 2.75) is 19.4 Å². The molecule has 1 heterocycles. The highest BCUT2D eigenvalue weighted by Gasteiger charge is 2.26. The standard InChI is InChI=1S/C13H18ClFN2O.2ClH/c1-2-11(17-7-5-16-6-8-17)12-10(15)4-3-9(14)13(12)18;;/h3-4,11,16,18H,2,5-8H2,1H3;2*1H/t11-;;/m0../s1. The lowest BCUT2D eigenvalue weighted by Gasteiger charge is -2.35. The topological polar surface area (TPSA) is 35.5 Å². The summed E-state index contributed by atoms with van der Waals surface area (Å²) in [5.41, 5.74) is 0.326. The zero-order valence-electron chi connectivity index (χ0n) is 11.2. The Hall–Kier alpha value is -0.260. The van der Waals surface area contributed by atoms with Gasteiger partial charge in [0, 0.05) is 37.8 Å². The van der Waals surface area contributed by atoms with Crippen LogP contribution in [0.15, 0.2) is 12.1 Å². The van der Waals surface area contributed by atoms with Gasteiger partial charge in [-0.15, -0.1) is 24.8 Å². The van der Waals surface area contributed by atoms with E-state index in [0.29, 0.717) is 5.56 Å². The van der Waals surface area contributed by atoms with Gasteiger partial charge in [0.15, 0.2) is 0 Å². The van der Waals surface area contributed by atoms with Gasteiger partial charge in [-0.3, -0.25) is 4.90 Å². The van der Waals surface area contributed by atoms with Gasteiger partial charge in [0.2, 0.25) is 0 Å². The van der Waals surface area contributed by atoms with Crippen LogP contribution in [0.5, 0.6) is 5.75 Å². The average Bonchev–Trinajstić information content (AvgIpc) is 2.40. The van der Waals surface area contributed by atoms with E-state index in [1.807, 2.05) is 6.92 Å². The zero-order valence-corrected chi connectivity index (χ0v) is 13.6. The lowest BCUT2D eigenvalue weighted by molar-refractivity contribution is 0.163. The van der Waals surface area contributed by atoms with E-state index in [9.17, 15) is 9.50 Å². The first-order valence-corrected chi connectivity index (χ1v) is 6.64. The fourth-order valence-electron chi connectivity index (χ4n) is 2.51. The molecule has 0 spiro atoms. The highest BCUT2D eigenvalue weighted by molar-refractivity contribution is 6.32. The van der Waals surface area contributed by atoms with Crippen LogP contribution in [0, 0.1) is 5.82 Å². The molecule has 0 aromatic heterocycles. The second-order valence-corrected chi connectivity index (χ2v) is 4.91. The van der Waals surface area contributed by atoms with E-state index >= 15 is 0 Å². The smallest absolute Gasteiger partial charge is 0.141 e. The second-order valence-electron chi connectivity index (χ2n) is 4.50. The SMILES string of the molecule is CC[C@@H](c1c(F)ccc(Cl)c1O)N1CCNCC1.Cl.Cl. The zero-order chi connectivity index (χ0) is 13.1. The van der Waals surface area contributed by atoms with Crippen molar-refractivity contribution in [3.63, 3.8) is 0 Å². The third kappa shape index (κ3) is 4.12. The second kappa shape index (κ2) is 8.90. The number of hydrogen-bond donors (Lipinski definition) is 2. The van der Waals surface area contributed by atoms with Crippen LogP contribution in [0.25, 0.3) is 0 Å². The highest BCUT2D eigenvalue weighted by Crippen LogP contribution is 2.37. The maximum Gasteiger partial charge on any atom is 0.141 e. The summed E-state index contributed by atoms with van der Waals surface area (Å²) in [6, 6.07) is 2.59. The molecule has 0 amide bonds. The van der Waals surface area contributed by atoms with Gasteiger partial charge in [-0.25, -0.2) is 4.39 Å². The Bertz CT molecular complexity index is 428. The monoisotopic (exact) mass is 344 g/mol. The lowest BCUT2D eigenvalue weighted by atomic mass is 10.00. The summed E-state index contributed by atoms with van der Waals surface area (Å²) in [7, 11) is 0. The number of nitrogens with zero attached hydrogens (tertiary/aromatic N) is 1. The van der Waals surface area contributed by atoms with Crippen LogP contribution < -0.4 is 5.32 Å². The largest absolute Gasteiger partial charge is 0.506 e. The predicted octanol–water partition coefficient (Wildman–Crippen LogP) is 3.38. The van der Waals surface area contributed by atoms with Crippen molar-refractivity contribution in [1.29, 1.82) is 0 Å². The molecule has 0 aliphatic carbocycles. The van der Waals surface area contributed by atoms with Crippen LogP contribution in [-0.4, -0.2) is 36.2 Å². The Morgan fingerprint density at radius 3 is 2.50 bits per heavy atom. The molecule has 116 valence electrons. The number of nitrogens with one attached hydrogen (secondary N) is 1. The first-order valence-electron chi connectivity index (χ1n) is 6.26. The van der Waals surface area contributed by atoms with E-state index in [0.717, 1.165) is 32.6 Å². The van der Waals surface area contributed by atoms with Crippen molar-refractivity contribution in [3.05, 3.63) is 28.5 Å². The molecule has 1 atom stereocenters. The fourth-order valence-corrected chi connectivity index (χ4v) is 2.68. The molecule has 0 saturated carbocycles. The van der Waals surface area contributed by atoms with Crippen molar-refractivity contribution in [3.8, 4) is 5.75 Å². The molecule has 20 heavy (non-hydrogen) atoms. The van der Waals surface area contributed by atoms with Crippen LogP contribution >= 0.6 is 36.4 Å². The summed E-state index contributed by atoms with van der Waals surface area (Å²) in [6.07, 6.45) is 0.741. The third-order valence-corrected chi connectivity index (χ3v) is 3.73. The number of piperazine rings is 1. The summed E-state index contributed by atoms with van der Waals surface area (Å²) in [6.45, 7) is 5.47. The molecule has 1 aliphatic heterocycles. The van der Waals surface area contributed by atoms with E-state index in [4.69, 9.17) is 11.6 Å². The number of phenols is 1. The maximum atomic E-state index is 14.0. The van der Waals surface area contributed by atoms with E-state index in [1.165, 1.54) is 12.1 Å². The van der Waals surface area contributed by atoms with Crippen molar-refractivity contribution in [1.82, 2.24) is 10.2 Å². The Kier molecular flexibility index (Phi) is 8.79. The van der Waals surface area contributed by atoms with Gasteiger partial charge >= 0.3 is 0 Å². The molecule has 1 aliphatic rings. The quantitative estimate of drug-likeness (QED) is 0.881. The highest BCUT2D eigenvalue weighted by atomic mass is 35.5.